The largest absolute Gasteiger partial charge is 0.478 e. The van der Waals surface area contributed by atoms with Crippen LogP contribution in [-0.2, 0) is 21.7 Å². The normalized spacial score (nSPS) is 8.24. The summed E-state index contributed by atoms with van der Waals surface area (Å²) in [4.78, 5) is 10.2. The molecule has 1 aromatic carbocycles. The summed E-state index contributed by atoms with van der Waals surface area (Å²) < 4.78 is 0. The third-order valence-corrected chi connectivity index (χ3v) is 2.56. The summed E-state index contributed by atoms with van der Waals surface area (Å²) in [5.41, 5.74) is 0.331. The molecule has 146 valence electrons. The van der Waals surface area contributed by atoms with Crippen molar-refractivity contribution in [1.82, 2.24) is 0 Å². The van der Waals surface area contributed by atoms with E-state index in [-0.39, 0.29) is 21.7 Å². The number of aromatic carboxylic acids is 1. The molecule has 4 N–H and O–H groups in total. The Labute approximate surface area is 168 Å². The number of carboxylic acid groups (broad SMARTS) is 1. The smallest absolute Gasteiger partial charge is 0.335 e. The molecule has 1 rings (SSSR count). The minimum Gasteiger partial charge on any atom is -0.478 e. The predicted molar refractivity (Wildman–Crippen MR) is 99.4 cm³/mol. The molecule has 0 radical (unpaired) electrons. The number of carboxylic acids is 1. The summed E-state index contributed by atoms with van der Waals surface area (Å²) in [6.07, 6.45) is 6.11. The SMILES string of the molecule is CCCCO.CCCCO.CCCCO.O=C(O)c1ccccc1.[Ti]. The van der Waals surface area contributed by atoms with Crippen LogP contribution in [0.4, 0.5) is 0 Å². The Morgan fingerprint density at radius 1 is 0.760 bits per heavy atom. The molecule has 0 bridgehead atoms. The molecule has 0 atom stereocenters. The molecule has 1 aromatic rings. The van der Waals surface area contributed by atoms with Crippen LogP contribution in [0.15, 0.2) is 30.3 Å². The molecular formula is C19H36O5Ti. The Morgan fingerprint density at radius 3 is 1.20 bits per heavy atom. The van der Waals surface area contributed by atoms with E-state index in [1.54, 1.807) is 30.3 Å². The third kappa shape index (κ3) is 35.3. The average Bonchev–Trinajstić information content (AvgIpc) is 2.59. The molecule has 0 aliphatic carbocycles. The van der Waals surface area contributed by atoms with Gasteiger partial charge in [0.2, 0.25) is 0 Å². The zero-order valence-corrected chi connectivity index (χ0v) is 17.5. The Kier molecular flexibility index (Phi) is 39.8. The van der Waals surface area contributed by atoms with Crippen LogP contribution in [0.3, 0.4) is 0 Å². The van der Waals surface area contributed by atoms with Gasteiger partial charge in [-0.1, -0.05) is 58.2 Å². The Hall–Kier alpha value is -0.716. The second-order valence-corrected chi connectivity index (χ2v) is 4.90. The number of unbranched alkanes of at least 4 members (excludes halogenated alkanes) is 3. The molecule has 25 heavy (non-hydrogen) atoms. The molecule has 0 aromatic heterocycles. The number of hydrogen-bond donors (Lipinski definition) is 4. The van der Waals surface area contributed by atoms with Crippen LogP contribution in [0.1, 0.15) is 69.7 Å². The van der Waals surface area contributed by atoms with Gasteiger partial charge in [-0.15, -0.1) is 0 Å². The van der Waals surface area contributed by atoms with Gasteiger partial charge in [0.05, 0.1) is 5.56 Å². The summed E-state index contributed by atoms with van der Waals surface area (Å²) in [5.74, 6) is -0.879. The van der Waals surface area contributed by atoms with Gasteiger partial charge in [0.1, 0.15) is 0 Å². The number of hydrogen-bond acceptors (Lipinski definition) is 4. The topological polar surface area (TPSA) is 98.0 Å². The van der Waals surface area contributed by atoms with Gasteiger partial charge in [0, 0.05) is 41.5 Å². The first kappa shape index (κ1) is 32.0. The van der Waals surface area contributed by atoms with Crippen LogP contribution < -0.4 is 0 Å². The Bertz CT molecular complexity index is 314. The maximum absolute atomic E-state index is 10.2. The zero-order chi connectivity index (χ0) is 19.1. The molecule has 0 amide bonds. The molecule has 0 saturated heterocycles. The van der Waals surface area contributed by atoms with E-state index in [0.29, 0.717) is 25.4 Å². The number of aliphatic hydroxyl groups is 3. The fourth-order valence-electron chi connectivity index (χ4n) is 1.06. The van der Waals surface area contributed by atoms with Crippen molar-refractivity contribution in [2.24, 2.45) is 0 Å². The molecule has 0 saturated carbocycles. The molecule has 0 fully saturated rings. The molecule has 0 heterocycles. The van der Waals surface area contributed by atoms with Gasteiger partial charge < -0.3 is 20.4 Å². The summed E-state index contributed by atoms with van der Waals surface area (Å²) in [7, 11) is 0. The Balaban J connectivity index is -0.000000122. The number of carbonyl (C=O) groups is 1. The zero-order valence-electron chi connectivity index (χ0n) is 15.9. The third-order valence-electron chi connectivity index (χ3n) is 2.56. The van der Waals surface area contributed by atoms with Crippen molar-refractivity contribution in [1.29, 1.82) is 0 Å². The molecular weight excluding hydrogens is 356 g/mol. The van der Waals surface area contributed by atoms with Crippen molar-refractivity contribution in [3.8, 4) is 0 Å². The number of aliphatic hydroxyl groups excluding tert-OH is 3. The molecule has 0 spiro atoms. The van der Waals surface area contributed by atoms with Crippen LogP contribution in [0.5, 0.6) is 0 Å². The monoisotopic (exact) mass is 392 g/mol. The van der Waals surface area contributed by atoms with Gasteiger partial charge in [-0.05, 0) is 31.4 Å². The predicted octanol–water partition coefficient (Wildman–Crippen LogP) is 3.72. The van der Waals surface area contributed by atoms with Crippen LogP contribution >= 0.6 is 0 Å². The van der Waals surface area contributed by atoms with Gasteiger partial charge in [-0.2, -0.15) is 0 Å². The molecule has 0 unspecified atom stereocenters. The molecule has 0 aliphatic rings. The second-order valence-electron chi connectivity index (χ2n) is 4.90. The fourth-order valence-corrected chi connectivity index (χ4v) is 1.06. The molecule has 5 nitrogen and oxygen atoms in total. The first-order valence-electron chi connectivity index (χ1n) is 8.66. The second kappa shape index (κ2) is 31.1. The van der Waals surface area contributed by atoms with Gasteiger partial charge >= 0.3 is 5.97 Å². The standard InChI is InChI=1S/C7H6O2.3C4H10O.Ti/c8-7(9)6-4-2-1-3-5-6;3*1-2-3-4-5;/h1-5H,(H,8,9);3*5H,2-4H2,1H3;. The summed E-state index contributed by atoms with van der Waals surface area (Å²) in [6, 6.07) is 8.30. The van der Waals surface area contributed by atoms with E-state index in [2.05, 4.69) is 20.8 Å². The van der Waals surface area contributed by atoms with Crippen LogP contribution in [0, 0.1) is 0 Å². The van der Waals surface area contributed by atoms with Gasteiger partial charge in [-0.3, -0.25) is 0 Å². The maximum Gasteiger partial charge on any atom is 0.335 e. The quantitative estimate of drug-likeness (QED) is 0.530. The van der Waals surface area contributed by atoms with Crippen molar-refractivity contribution >= 4 is 5.97 Å². The average molecular weight is 392 g/mol. The minimum atomic E-state index is -0.879. The molecule has 6 heteroatoms. The van der Waals surface area contributed by atoms with E-state index in [0.717, 1.165) is 38.5 Å². The fraction of sp³-hybridized carbons (Fsp3) is 0.632. The first-order chi connectivity index (χ1) is 11.5. The van der Waals surface area contributed by atoms with Gasteiger partial charge in [0.25, 0.3) is 0 Å². The summed E-state index contributed by atoms with van der Waals surface area (Å²) >= 11 is 0. The van der Waals surface area contributed by atoms with E-state index in [9.17, 15) is 4.79 Å². The first-order valence-corrected chi connectivity index (χ1v) is 8.66. The van der Waals surface area contributed by atoms with Gasteiger partial charge in [0.15, 0.2) is 0 Å². The summed E-state index contributed by atoms with van der Waals surface area (Å²) in [6.45, 7) is 7.19. The van der Waals surface area contributed by atoms with E-state index < -0.39 is 5.97 Å². The van der Waals surface area contributed by atoms with Crippen LogP contribution in [0.2, 0.25) is 0 Å². The van der Waals surface area contributed by atoms with Crippen LogP contribution in [0.25, 0.3) is 0 Å². The Morgan fingerprint density at radius 2 is 1.08 bits per heavy atom. The number of rotatable bonds is 7. The van der Waals surface area contributed by atoms with E-state index in [1.807, 2.05) is 0 Å². The van der Waals surface area contributed by atoms with E-state index >= 15 is 0 Å². The van der Waals surface area contributed by atoms with Gasteiger partial charge in [-0.25, -0.2) is 4.79 Å². The summed E-state index contributed by atoms with van der Waals surface area (Å²) in [5, 5.41) is 32.6. The van der Waals surface area contributed by atoms with E-state index in [4.69, 9.17) is 20.4 Å². The minimum absolute atomic E-state index is 0. The van der Waals surface area contributed by atoms with Crippen molar-refractivity contribution in [3.05, 3.63) is 35.9 Å². The van der Waals surface area contributed by atoms with Crippen molar-refractivity contribution < 1.29 is 46.9 Å². The van der Waals surface area contributed by atoms with E-state index in [1.165, 1.54) is 0 Å². The van der Waals surface area contributed by atoms with Crippen molar-refractivity contribution in [3.63, 3.8) is 0 Å². The van der Waals surface area contributed by atoms with Crippen molar-refractivity contribution in [2.75, 3.05) is 19.8 Å². The number of benzene rings is 1. The van der Waals surface area contributed by atoms with Crippen molar-refractivity contribution in [2.45, 2.75) is 59.3 Å². The molecule has 0 aliphatic heterocycles. The maximum atomic E-state index is 10.2. The van der Waals surface area contributed by atoms with Crippen LogP contribution in [-0.4, -0.2) is 46.2 Å².